The van der Waals surface area contributed by atoms with Crippen molar-refractivity contribution in [3.63, 3.8) is 0 Å². The van der Waals surface area contributed by atoms with E-state index in [-0.39, 0.29) is 11.9 Å². The summed E-state index contributed by atoms with van der Waals surface area (Å²) >= 11 is 1.55. The van der Waals surface area contributed by atoms with E-state index in [4.69, 9.17) is 0 Å². The minimum Gasteiger partial charge on any atom is -0.391 e. The fourth-order valence-corrected chi connectivity index (χ4v) is 3.70. The van der Waals surface area contributed by atoms with Gasteiger partial charge in [0.1, 0.15) is 0 Å². The van der Waals surface area contributed by atoms with Crippen LogP contribution in [0.3, 0.4) is 0 Å². The molecule has 1 aliphatic carbocycles. The molecule has 1 fully saturated rings. The van der Waals surface area contributed by atoms with Gasteiger partial charge in [-0.1, -0.05) is 26.2 Å². The lowest BCUT2D eigenvalue weighted by Crippen LogP contribution is -2.42. The van der Waals surface area contributed by atoms with Crippen LogP contribution in [0.4, 0.5) is 0 Å². The van der Waals surface area contributed by atoms with Crippen LogP contribution in [0, 0.1) is 6.92 Å². The Morgan fingerprint density at radius 2 is 2.16 bits per heavy atom. The summed E-state index contributed by atoms with van der Waals surface area (Å²) in [5.41, 5.74) is 1.25. The molecule has 1 heterocycles. The fraction of sp³-hybridized carbons (Fsp3) is 0.667. The topological polar surface area (TPSA) is 49.3 Å². The van der Waals surface area contributed by atoms with Crippen molar-refractivity contribution in [2.45, 2.75) is 64.5 Å². The monoisotopic (exact) mass is 281 g/mol. The molecule has 19 heavy (non-hydrogen) atoms. The van der Waals surface area contributed by atoms with Crippen LogP contribution >= 0.6 is 11.3 Å². The van der Waals surface area contributed by atoms with Crippen LogP contribution < -0.4 is 5.32 Å². The molecule has 0 bridgehead atoms. The Balaban J connectivity index is 2.02. The van der Waals surface area contributed by atoms with Gasteiger partial charge in [0.25, 0.3) is 5.91 Å². The molecule has 1 aromatic heterocycles. The second-order valence-corrected chi connectivity index (χ2v) is 6.59. The number of aliphatic hydroxyl groups excluding tert-OH is 1. The summed E-state index contributed by atoms with van der Waals surface area (Å²) in [7, 11) is 0. The van der Waals surface area contributed by atoms with Crippen molar-refractivity contribution < 1.29 is 9.90 Å². The Kier molecular flexibility index (Phi) is 4.99. The Morgan fingerprint density at radius 1 is 1.42 bits per heavy atom. The predicted molar refractivity (Wildman–Crippen MR) is 78.8 cm³/mol. The van der Waals surface area contributed by atoms with E-state index in [1.165, 1.54) is 10.4 Å². The molecular weight excluding hydrogens is 258 g/mol. The summed E-state index contributed by atoms with van der Waals surface area (Å²) in [6.07, 6.45) is 5.56. The van der Waals surface area contributed by atoms with E-state index in [9.17, 15) is 9.90 Å². The summed E-state index contributed by atoms with van der Waals surface area (Å²) in [5, 5.41) is 13.1. The number of hydrogen-bond acceptors (Lipinski definition) is 3. The molecule has 0 saturated heterocycles. The molecule has 1 aliphatic rings. The number of hydrogen-bond donors (Lipinski definition) is 2. The number of nitrogens with one attached hydrogen (secondary N) is 1. The molecule has 4 heteroatoms. The number of carbonyl (C=O) groups excluding carboxylic acids is 1. The highest BCUT2D eigenvalue weighted by Gasteiger charge is 2.24. The van der Waals surface area contributed by atoms with E-state index in [2.05, 4.69) is 19.2 Å². The molecule has 0 spiro atoms. The highest BCUT2D eigenvalue weighted by atomic mass is 32.1. The van der Waals surface area contributed by atoms with Gasteiger partial charge in [-0.3, -0.25) is 4.79 Å². The van der Waals surface area contributed by atoms with E-state index in [0.29, 0.717) is 0 Å². The first kappa shape index (κ1) is 14.5. The first-order valence-electron chi connectivity index (χ1n) is 7.20. The van der Waals surface area contributed by atoms with Crippen LogP contribution in [-0.2, 0) is 6.42 Å². The molecule has 1 saturated carbocycles. The van der Waals surface area contributed by atoms with Crippen molar-refractivity contribution in [3.8, 4) is 0 Å². The van der Waals surface area contributed by atoms with Crippen molar-refractivity contribution in [1.82, 2.24) is 5.32 Å². The number of carbonyl (C=O) groups is 1. The van der Waals surface area contributed by atoms with Crippen molar-refractivity contribution >= 4 is 17.2 Å². The molecule has 2 rings (SSSR count). The molecule has 106 valence electrons. The van der Waals surface area contributed by atoms with Crippen LogP contribution in [0.1, 0.15) is 59.1 Å². The number of rotatable bonds is 3. The third kappa shape index (κ3) is 3.57. The Bertz CT molecular complexity index is 441. The van der Waals surface area contributed by atoms with Gasteiger partial charge < -0.3 is 10.4 Å². The van der Waals surface area contributed by atoms with E-state index in [0.717, 1.165) is 43.4 Å². The molecular formula is C15H23NO2S. The molecule has 3 nitrogen and oxygen atoms in total. The maximum Gasteiger partial charge on any atom is 0.261 e. The SMILES string of the molecule is CCc1cc(C(=O)NC2CCCCCC2O)sc1C. The number of thiophene rings is 1. The summed E-state index contributed by atoms with van der Waals surface area (Å²) in [5.74, 6) is -0.0289. The van der Waals surface area contributed by atoms with Gasteiger partial charge >= 0.3 is 0 Å². The number of aryl methyl sites for hydroxylation is 2. The molecule has 1 aromatic rings. The quantitative estimate of drug-likeness (QED) is 0.837. The Morgan fingerprint density at radius 3 is 2.84 bits per heavy atom. The minimum atomic E-state index is -0.391. The van der Waals surface area contributed by atoms with Crippen LogP contribution in [0.25, 0.3) is 0 Å². The lowest BCUT2D eigenvalue weighted by Gasteiger charge is -2.21. The van der Waals surface area contributed by atoms with Crippen LogP contribution in [-0.4, -0.2) is 23.2 Å². The summed E-state index contributed by atoms with van der Waals surface area (Å²) < 4.78 is 0. The zero-order valence-corrected chi connectivity index (χ0v) is 12.6. The van der Waals surface area contributed by atoms with Crippen LogP contribution in [0.2, 0.25) is 0 Å². The molecule has 1 amide bonds. The zero-order valence-electron chi connectivity index (χ0n) is 11.7. The first-order chi connectivity index (χ1) is 9.11. The molecule has 0 radical (unpaired) electrons. The normalized spacial score (nSPS) is 23.9. The zero-order chi connectivity index (χ0) is 13.8. The van der Waals surface area contributed by atoms with E-state index in [1.807, 2.05) is 6.07 Å². The van der Waals surface area contributed by atoms with E-state index >= 15 is 0 Å². The second kappa shape index (κ2) is 6.53. The fourth-order valence-electron chi connectivity index (χ4n) is 2.68. The number of aliphatic hydroxyl groups is 1. The van der Waals surface area contributed by atoms with E-state index < -0.39 is 6.10 Å². The third-order valence-corrected chi connectivity index (χ3v) is 5.01. The highest BCUT2D eigenvalue weighted by molar-refractivity contribution is 7.14. The lowest BCUT2D eigenvalue weighted by molar-refractivity contribution is 0.0822. The van der Waals surface area contributed by atoms with Gasteiger partial charge in [-0.05, 0) is 37.8 Å². The summed E-state index contributed by atoms with van der Waals surface area (Å²) in [6.45, 7) is 4.16. The van der Waals surface area contributed by atoms with Gasteiger partial charge in [-0.15, -0.1) is 11.3 Å². The smallest absolute Gasteiger partial charge is 0.261 e. The predicted octanol–water partition coefficient (Wildman–Crippen LogP) is 3.04. The van der Waals surface area contributed by atoms with Gasteiger partial charge in [0.2, 0.25) is 0 Å². The van der Waals surface area contributed by atoms with E-state index in [1.54, 1.807) is 11.3 Å². The van der Waals surface area contributed by atoms with Gasteiger partial charge in [0, 0.05) is 4.88 Å². The maximum atomic E-state index is 12.2. The average molecular weight is 281 g/mol. The van der Waals surface area contributed by atoms with Crippen molar-refractivity contribution in [1.29, 1.82) is 0 Å². The summed E-state index contributed by atoms with van der Waals surface area (Å²) in [6, 6.07) is 1.90. The number of amides is 1. The second-order valence-electron chi connectivity index (χ2n) is 5.33. The molecule has 0 aromatic carbocycles. The molecule has 0 aliphatic heterocycles. The standard InChI is InChI=1S/C15H23NO2S/c1-3-11-9-14(19-10(11)2)15(18)16-12-7-5-4-6-8-13(12)17/h9,12-13,17H,3-8H2,1-2H3,(H,16,18). The van der Waals surface area contributed by atoms with Crippen LogP contribution in [0.15, 0.2) is 6.07 Å². The van der Waals surface area contributed by atoms with Gasteiger partial charge in [-0.25, -0.2) is 0 Å². The largest absolute Gasteiger partial charge is 0.391 e. The minimum absolute atomic E-state index is 0.0289. The Labute approximate surface area is 119 Å². The first-order valence-corrected chi connectivity index (χ1v) is 8.01. The third-order valence-electron chi connectivity index (χ3n) is 3.92. The molecule has 2 unspecified atom stereocenters. The molecule has 2 atom stereocenters. The van der Waals surface area contributed by atoms with Crippen molar-refractivity contribution in [2.24, 2.45) is 0 Å². The van der Waals surface area contributed by atoms with Gasteiger partial charge in [-0.2, -0.15) is 0 Å². The van der Waals surface area contributed by atoms with Crippen molar-refractivity contribution in [3.05, 3.63) is 21.4 Å². The Hall–Kier alpha value is -0.870. The average Bonchev–Trinajstić information content (AvgIpc) is 2.66. The van der Waals surface area contributed by atoms with Gasteiger partial charge in [0.15, 0.2) is 0 Å². The van der Waals surface area contributed by atoms with Crippen molar-refractivity contribution in [2.75, 3.05) is 0 Å². The molecule has 2 N–H and O–H groups in total. The highest BCUT2D eigenvalue weighted by Crippen LogP contribution is 2.23. The van der Waals surface area contributed by atoms with Crippen LogP contribution in [0.5, 0.6) is 0 Å². The van der Waals surface area contributed by atoms with Gasteiger partial charge in [0.05, 0.1) is 17.0 Å². The summed E-state index contributed by atoms with van der Waals surface area (Å²) in [4.78, 5) is 14.2. The lowest BCUT2D eigenvalue weighted by atomic mass is 10.1. The maximum absolute atomic E-state index is 12.2.